The number of aryl methyl sites for hydroxylation is 1. The van der Waals surface area contributed by atoms with Crippen LogP contribution >= 0.6 is 11.3 Å². The molecule has 1 aliphatic heterocycles. The first kappa shape index (κ1) is 13.1. The zero-order valence-corrected chi connectivity index (χ0v) is 13.2. The van der Waals surface area contributed by atoms with Crippen molar-refractivity contribution in [1.29, 1.82) is 0 Å². The van der Waals surface area contributed by atoms with Crippen molar-refractivity contribution in [2.75, 3.05) is 18.5 Å². The Morgan fingerprint density at radius 2 is 2.05 bits per heavy atom. The predicted molar refractivity (Wildman–Crippen MR) is 84.6 cm³/mol. The first-order valence-corrected chi connectivity index (χ1v) is 9.12. The van der Waals surface area contributed by atoms with Crippen molar-refractivity contribution >= 4 is 16.5 Å². The fourth-order valence-corrected chi connectivity index (χ4v) is 5.84. The molecule has 1 aromatic rings. The Hall–Kier alpha value is -0.610. The molecule has 1 saturated carbocycles. The lowest BCUT2D eigenvalue weighted by Crippen LogP contribution is -2.42. The Labute approximate surface area is 125 Å². The van der Waals surface area contributed by atoms with Crippen LogP contribution in [-0.2, 0) is 6.42 Å². The number of rotatable bonds is 2. The maximum absolute atomic E-state index is 5.04. The van der Waals surface area contributed by atoms with Gasteiger partial charge in [0.05, 0.1) is 5.69 Å². The molecule has 1 N–H and O–H groups in total. The molecule has 1 saturated heterocycles. The van der Waals surface area contributed by atoms with Gasteiger partial charge in [-0.3, -0.25) is 0 Å². The maximum atomic E-state index is 5.04. The van der Waals surface area contributed by atoms with Gasteiger partial charge >= 0.3 is 0 Å². The largest absolute Gasteiger partial charge is 0.345 e. The lowest BCUT2D eigenvalue weighted by Gasteiger charge is -2.37. The van der Waals surface area contributed by atoms with E-state index in [0.29, 0.717) is 6.04 Å². The molecule has 0 spiro atoms. The minimum atomic E-state index is 0.550. The van der Waals surface area contributed by atoms with E-state index in [1.165, 1.54) is 73.6 Å². The van der Waals surface area contributed by atoms with Crippen LogP contribution in [0.15, 0.2) is 0 Å². The topological polar surface area (TPSA) is 28.2 Å². The summed E-state index contributed by atoms with van der Waals surface area (Å²) < 4.78 is 0. The van der Waals surface area contributed by atoms with E-state index in [2.05, 4.69) is 17.3 Å². The second-order valence-corrected chi connectivity index (χ2v) is 7.64. The van der Waals surface area contributed by atoms with Crippen LogP contribution in [0.3, 0.4) is 0 Å². The van der Waals surface area contributed by atoms with E-state index in [1.807, 2.05) is 11.3 Å². The third-order valence-electron chi connectivity index (χ3n) is 5.53. The van der Waals surface area contributed by atoms with Crippen LogP contribution < -0.4 is 10.2 Å². The molecule has 3 unspecified atom stereocenters. The molecule has 3 aliphatic rings. The van der Waals surface area contributed by atoms with Gasteiger partial charge in [0.2, 0.25) is 0 Å². The Bertz CT molecular complexity index is 484. The summed E-state index contributed by atoms with van der Waals surface area (Å²) in [6.07, 6.45) is 10.8. The Morgan fingerprint density at radius 1 is 1.15 bits per heavy atom. The smallest absolute Gasteiger partial charge is 0.186 e. The highest BCUT2D eigenvalue weighted by molar-refractivity contribution is 7.15. The monoisotopic (exact) mass is 291 g/mol. The van der Waals surface area contributed by atoms with Crippen molar-refractivity contribution in [3.63, 3.8) is 0 Å². The van der Waals surface area contributed by atoms with Crippen molar-refractivity contribution in [3.05, 3.63) is 10.6 Å². The molecule has 4 rings (SSSR count). The number of nitrogens with one attached hydrogen (secondary N) is 1. The van der Waals surface area contributed by atoms with E-state index in [4.69, 9.17) is 4.98 Å². The second-order valence-electron chi connectivity index (χ2n) is 6.63. The van der Waals surface area contributed by atoms with Crippen LogP contribution in [0, 0.1) is 5.92 Å². The van der Waals surface area contributed by atoms with E-state index in [1.54, 1.807) is 0 Å². The van der Waals surface area contributed by atoms with E-state index >= 15 is 0 Å². The van der Waals surface area contributed by atoms with Crippen molar-refractivity contribution in [1.82, 2.24) is 10.3 Å². The Kier molecular flexibility index (Phi) is 3.47. The van der Waals surface area contributed by atoms with Crippen molar-refractivity contribution < 1.29 is 0 Å². The molecular formula is C16H25N3S. The summed E-state index contributed by atoms with van der Waals surface area (Å²) in [5, 5.41) is 4.80. The number of thiazole rings is 1. The third-order valence-corrected chi connectivity index (χ3v) is 6.77. The zero-order chi connectivity index (χ0) is 13.5. The first-order chi connectivity index (χ1) is 9.86. The SMILES string of the molecule is CNC1CCCc2nc(N3CCCC4CCCC43)sc21. The van der Waals surface area contributed by atoms with Gasteiger partial charge in [-0.05, 0) is 57.9 Å². The van der Waals surface area contributed by atoms with E-state index in [0.717, 1.165) is 12.0 Å². The number of aromatic nitrogens is 1. The predicted octanol–water partition coefficient (Wildman–Crippen LogP) is 3.51. The molecule has 3 nitrogen and oxygen atoms in total. The molecule has 110 valence electrons. The summed E-state index contributed by atoms with van der Waals surface area (Å²) >= 11 is 1.98. The van der Waals surface area contributed by atoms with Crippen LogP contribution in [0.25, 0.3) is 0 Å². The van der Waals surface area contributed by atoms with Gasteiger partial charge in [0, 0.05) is 23.5 Å². The standard InChI is InChI=1S/C16H25N3S/c1-17-12-7-3-8-13-15(12)20-16(18-13)19-10-4-6-11-5-2-9-14(11)19/h11-12,14,17H,2-10H2,1H3. The summed E-state index contributed by atoms with van der Waals surface area (Å²) in [4.78, 5) is 9.22. The van der Waals surface area contributed by atoms with Gasteiger partial charge in [-0.25, -0.2) is 4.98 Å². The maximum Gasteiger partial charge on any atom is 0.186 e. The number of piperidine rings is 1. The number of nitrogens with zero attached hydrogens (tertiary/aromatic N) is 2. The average molecular weight is 291 g/mol. The van der Waals surface area contributed by atoms with Crippen molar-refractivity contribution in [3.8, 4) is 0 Å². The number of fused-ring (bicyclic) bond motifs is 2. The highest BCUT2D eigenvalue weighted by Gasteiger charge is 2.37. The summed E-state index contributed by atoms with van der Waals surface area (Å²) in [7, 11) is 2.09. The van der Waals surface area contributed by atoms with Crippen LogP contribution in [0.4, 0.5) is 5.13 Å². The molecule has 2 aliphatic carbocycles. The fraction of sp³-hybridized carbons (Fsp3) is 0.812. The summed E-state index contributed by atoms with van der Waals surface area (Å²) in [6.45, 7) is 1.23. The highest BCUT2D eigenvalue weighted by atomic mass is 32.1. The molecular weight excluding hydrogens is 266 g/mol. The van der Waals surface area contributed by atoms with Crippen LogP contribution in [0.5, 0.6) is 0 Å². The van der Waals surface area contributed by atoms with E-state index in [9.17, 15) is 0 Å². The van der Waals surface area contributed by atoms with Crippen LogP contribution in [0.1, 0.15) is 61.6 Å². The van der Waals surface area contributed by atoms with Crippen molar-refractivity contribution in [2.45, 2.75) is 63.5 Å². The lowest BCUT2D eigenvalue weighted by molar-refractivity contribution is 0.362. The first-order valence-electron chi connectivity index (χ1n) is 8.30. The van der Waals surface area contributed by atoms with Gasteiger partial charge in [0.15, 0.2) is 5.13 Å². The van der Waals surface area contributed by atoms with Gasteiger partial charge in [0.25, 0.3) is 0 Å². The molecule has 1 aromatic heterocycles. The zero-order valence-electron chi connectivity index (χ0n) is 12.4. The van der Waals surface area contributed by atoms with Gasteiger partial charge < -0.3 is 10.2 Å². The molecule has 0 aromatic carbocycles. The molecule has 3 atom stereocenters. The van der Waals surface area contributed by atoms with Crippen LogP contribution in [0.2, 0.25) is 0 Å². The normalized spacial score (nSPS) is 33.0. The summed E-state index contributed by atoms with van der Waals surface area (Å²) in [6, 6.07) is 1.35. The molecule has 2 fully saturated rings. The molecule has 0 bridgehead atoms. The van der Waals surface area contributed by atoms with E-state index in [-0.39, 0.29) is 0 Å². The minimum Gasteiger partial charge on any atom is -0.345 e. The Morgan fingerprint density at radius 3 is 2.95 bits per heavy atom. The molecule has 20 heavy (non-hydrogen) atoms. The van der Waals surface area contributed by atoms with Gasteiger partial charge in [-0.15, -0.1) is 0 Å². The highest BCUT2D eigenvalue weighted by Crippen LogP contribution is 2.43. The lowest BCUT2D eigenvalue weighted by atomic mass is 9.92. The quantitative estimate of drug-likeness (QED) is 0.904. The average Bonchev–Trinajstić information content (AvgIpc) is 3.12. The van der Waals surface area contributed by atoms with Gasteiger partial charge in [-0.2, -0.15) is 0 Å². The molecule has 4 heteroatoms. The fourth-order valence-electron chi connectivity index (χ4n) is 4.50. The Balaban J connectivity index is 1.63. The minimum absolute atomic E-state index is 0.550. The summed E-state index contributed by atoms with van der Waals surface area (Å²) in [5.74, 6) is 0.949. The molecule has 0 amide bonds. The van der Waals surface area contributed by atoms with Crippen molar-refractivity contribution in [2.24, 2.45) is 5.92 Å². The number of anilines is 1. The third kappa shape index (κ3) is 2.08. The van der Waals surface area contributed by atoms with Crippen LogP contribution in [-0.4, -0.2) is 24.6 Å². The molecule has 0 radical (unpaired) electrons. The number of hydrogen-bond donors (Lipinski definition) is 1. The van der Waals surface area contributed by atoms with Gasteiger partial charge in [0.1, 0.15) is 0 Å². The summed E-state index contributed by atoms with van der Waals surface area (Å²) in [5.41, 5.74) is 1.38. The second kappa shape index (κ2) is 5.30. The molecule has 2 heterocycles. The number of hydrogen-bond acceptors (Lipinski definition) is 4. The van der Waals surface area contributed by atoms with E-state index < -0.39 is 0 Å². The van der Waals surface area contributed by atoms with Gasteiger partial charge in [-0.1, -0.05) is 17.8 Å².